The zero-order valence-electron chi connectivity index (χ0n) is 10.9. The normalized spacial score (nSPS) is 33.2. The largest absolute Gasteiger partial charge is 0.378 e. The Morgan fingerprint density at radius 1 is 1.71 bits per heavy atom. The van der Waals surface area contributed by atoms with Crippen molar-refractivity contribution in [2.75, 3.05) is 19.7 Å². The first-order valence-electron chi connectivity index (χ1n) is 6.39. The van der Waals surface area contributed by atoms with Gasteiger partial charge in [0, 0.05) is 13.2 Å². The minimum atomic E-state index is 0.0749. The van der Waals surface area contributed by atoms with Crippen LogP contribution in [0.25, 0.3) is 0 Å². The maximum absolute atomic E-state index is 5.98. The minimum Gasteiger partial charge on any atom is -0.378 e. The number of ether oxygens (including phenoxy) is 1. The Kier molecular flexibility index (Phi) is 3.43. The van der Waals surface area contributed by atoms with Crippen molar-refractivity contribution >= 4 is 5.96 Å². The van der Waals surface area contributed by atoms with Gasteiger partial charge in [-0.3, -0.25) is 4.99 Å². The average molecular weight is 237 g/mol. The van der Waals surface area contributed by atoms with E-state index < -0.39 is 0 Å². The minimum absolute atomic E-state index is 0.0749. The second-order valence-corrected chi connectivity index (χ2v) is 5.41. The summed E-state index contributed by atoms with van der Waals surface area (Å²) < 4.78 is 5.84. The summed E-state index contributed by atoms with van der Waals surface area (Å²) in [5.41, 5.74) is 6.05. The molecular weight excluding hydrogens is 214 g/mol. The standard InChI is InChI=1S/C13H23N3O/c1-4-6-16-12(14)15-9-13(16)5-7-17-11(8-13)10(2)3/h4,10-11H,1,5-9H2,2-3H3,(H2,14,15). The van der Waals surface area contributed by atoms with Crippen LogP contribution in [-0.4, -0.2) is 42.2 Å². The third kappa shape index (κ3) is 2.18. The van der Waals surface area contributed by atoms with Crippen molar-refractivity contribution in [1.82, 2.24) is 4.90 Å². The molecule has 2 atom stereocenters. The molecule has 0 bridgehead atoms. The molecule has 4 heteroatoms. The van der Waals surface area contributed by atoms with Crippen molar-refractivity contribution in [2.24, 2.45) is 16.6 Å². The van der Waals surface area contributed by atoms with Crippen molar-refractivity contribution in [1.29, 1.82) is 0 Å². The van der Waals surface area contributed by atoms with Crippen LogP contribution < -0.4 is 5.73 Å². The fourth-order valence-electron chi connectivity index (χ4n) is 2.81. The Bertz CT molecular complexity index is 327. The third-order valence-corrected chi connectivity index (χ3v) is 3.92. The molecule has 2 heterocycles. The molecule has 0 saturated carbocycles. The van der Waals surface area contributed by atoms with E-state index in [1.807, 2.05) is 6.08 Å². The highest BCUT2D eigenvalue weighted by atomic mass is 16.5. The number of hydrogen-bond acceptors (Lipinski definition) is 4. The number of rotatable bonds is 3. The zero-order valence-corrected chi connectivity index (χ0v) is 10.9. The lowest BCUT2D eigenvalue weighted by molar-refractivity contribution is -0.0656. The first kappa shape index (κ1) is 12.4. The highest BCUT2D eigenvalue weighted by molar-refractivity contribution is 5.81. The summed E-state index contributed by atoms with van der Waals surface area (Å²) in [4.78, 5) is 6.63. The predicted octanol–water partition coefficient (Wildman–Crippen LogP) is 1.38. The SMILES string of the molecule is C=CCN1C(N)=NCC12CCOC(C(C)C)C2. The summed E-state index contributed by atoms with van der Waals surface area (Å²) in [5.74, 6) is 1.20. The fourth-order valence-corrected chi connectivity index (χ4v) is 2.81. The summed E-state index contributed by atoms with van der Waals surface area (Å²) in [6.07, 6.45) is 4.24. The van der Waals surface area contributed by atoms with Crippen LogP contribution in [0.5, 0.6) is 0 Å². The lowest BCUT2D eigenvalue weighted by atomic mass is 9.82. The van der Waals surface area contributed by atoms with Gasteiger partial charge in [-0.15, -0.1) is 6.58 Å². The Balaban J connectivity index is 2.15. The van der Waals surface area contributed by atoms with Gasteiger partial charge in [-0.25, -0.2) is 0 Å². The molecule has 1 saturated heterocycles. The smallest absolute Gasteiger partial charge is 0.192 e. The molecule has 0 aromatic rings. The van der Waals surface area contributed by atoms with E-state index >= 15 is 0 Å². The Morgan fingerprint density at radius 3 is 3.12 bits per heavy atom. The molecule has 2 unspecified atom stereocenters. The highest BCUT2D eigenvalue weighted by Gasteiger charge is 2.46. The van der Waals surface area contributed by atoms with Gasteiger partial charge in [0.25, 0.3) is 0 Å². The summed E-state index contributed by atoms with van der Waals surface area (Å²) >= 11 is 0. The molecule has 1 spiro atoms. The van der Waals surface area contributed by atoms with Crippen LogP contribution in [0, 0.1) is 5.92 Å². The van der Waals surface area contributed by atoms with Crippen molar-refractivity contribution in [2.45, 2.75) is 38.3 Å². The molecule has 1 fully saturated rings. The Morgan fingerprint density at radius 2 is 2.47 bits per heavy atom. The van der Waals surface area contributed by atoms with E-state index in [1.165, 1.54) is 0 Å². The van der Waals surface area contributed by atoms with E-state index in [0.717, 1.165) is 32.5 Å². The molecule has 2 N–H and O–H groups in total. The van der Waals surface area contributed by atoms with E-state index in [4.69, 9.17) is 10.5 Å². The molecule has 2 aliphatic heterocycles. The summed E-state index contributed by atoms with van der Waals surface area (Å²) in [6, 6.07) is 0. The van der Waals surface area contributed by atoms with Crippen LogP contribution in [0.2, 0.25) is 0 Å². The number of nitrogens with zero attached hydrogens (tertiary/aromatic N) is 2. The van der Waals surface area contributed by atoms with E-state index in [2.05, 4.69) is 30.3 Å². The van der Waals surface area contributed by atoms with Gasteiger partial charge in [-0.2, -0.15) is 0 Å². The lowest BCUT2D eigenvalue weighted by Gasteiger charge is -2.45. The predicted molar refractivity (Wildman–Crippen MR) is 69.9 cm³/mol. The van der Waals surface area contributed by atoms with E-state index in [9.17, 15) is 0 Å². The second-order valence-electron chi connectivity index (χ2n) is 5.41. The van der Waals surface area contributed by atoms with Gasteiger partial charge < -0.3 is 15.4 Å². The lowest BCUT2D eigenvalue weighted by Crippen LogP contribution is -2.56. The van der Waals surface area contributed by atoms with Gasteiger partial charge >= 0.3 is 0 Å². The van der Waals surface area contributed by atoms with Crippen molar-refractivity contribution in [3.8, 4) is 0 Å². The molecule has 17 heavy (non-hydrogen) atoms. The molecule has 0 aromatic heterocycles. The van der Waals surface area contributed by atoms with Crippen LogP contribution in [0.3, 0.4) is 0 Å². The quantitative estimate of drug-likeness (QED) is 0.754. The van der Waals surface area contributed by atoms with Gasteiger partial charge in [-0.05, 0) is 18.8 Å². The Hall–Kier alpha value is -1.03. The zero-order chi connectivity index (χ0) is 12.5. The van der Waals surface area contributed by atoms with E-state index in [0.29, 0.717) is 18.0 Å². The Labute approximate surface area is 104 Å². The third-order valence-electron chi connectivity index (χ3n) is 3.92. The van der Waals surface area contributed by atoms with E-state index in [1.54, 1.807) is 0 Å². The first-order chi connectivity index (χ1) is 8.09. The van der Waals surface area contributed by atoms with Crippen LogP contribution in [-0.2, 0) is 4.74 Å². The number of nitrogens with two attached hydrogens (primary N) is 1. The van der Waals surface area contributed by atoms with Crippen molar-refractivity contribution in [3.05, 3.63) is 12.7 Å². The first-order valence-corrected chi connectivity index (χ1v) is 6.39. The number of aliphatic imine (C=N–C) groups is 1. The van der Waals surface area contributed by atoms with Gasteiger partial charge in [0.2, 0.25) is 0 Å². The molecule has 0 amide bonds. The molecular formula is C13H23N3O. The molecule has 0 aliphatic carbocycles. The topological polar surface area (TPSA) is 50.8 Å². The molecule has 0 radical (unpaired) electrons. The molecule has 4 nitrogen and oxygen atoms in total. The molecule has 96 valence electrons. The fraction of sp³-hybridized carbons (Fsp3) is 0.769. The summed E-state index contributed by atoms with van der Waals surface area (Å²) in [7, 11) is 0. The summed E-state index contributed by atoms with van der Waals surface area (Å²) in [6.45, 7) is 10.6. The van der Waals surface area contributed by atoms with Crippen LogP contribution >= 0.6 is 0 Å². The molecule has 0 aromatic carbocycles. The van der Waals surface area contributed by atoms with E-state index in [-0.39, 0.29) is 5.54 Å². The molecule has 2 aliphatic rings. The van der Waals surface area contributed by atoms with Gasteiger partial charge in [-0.1, -0.05) is 19.9 Å². The van der Waals surface area contributed by atoms with Crippen molar-refractivity contribution < 1.29 is 4.74 Å². The van der Waals surface area contributed by atoms with Crippen LogP contribution in [0.1, 0.15) is 26.7 Å². The maximum Gasteiger partial charge on any atom is 0.192 e. The monoisotopic (exact) mass is 237 g/mol. The summed E-state index contributed by atoms with van der Waals surface area (Å²) in [5, 5.41) is 0. The number of hydrogen-bond donors (Lipinski definition) is 1. The second kappa shape index (κ2) is 4.69. The maximum atomic E-state index is 5.98. The van der Waals surface area contributed by atoms with Gasteiger partial charge in [0.1, 0.15) is 0 Å². The van der Waals surface area contributed by atoms with Crippen LogP contribution in [0.4, 0.5) is 0 Å². The number of guanidine groups is 1. The average Bonchev–Trinajstić information content (AvgIpc) is 2.59. The van der Waals surface area contributed by atoms with Gasteiger partial charge in [0.05, 0.1) is 18.2 Å². The van der Waals surface area contributed by atoms with Crippen LogP contribution in [0.15, 0.2) is 17.6 Å². The van der Waals surface area contributed by atoms with Gasteiger partial charge in [0.15, 0.2) is 5.96 Å². The molecule has 2 rings (SSSR count). The van der Waals surface area contributed by atoms with Crippen molar-refractivity contribution in [3.63, 3.8) is 0 Å². The highest BCUT2D eigenvalue weighted by Crippen LogP contribution is 2.36.